The van der Waals surface area contributed by atoms with Crippen molar-refractivity contribution in [1.82, 2.24) is 9.55 Å². The summed E-state index contributed by atoms with van der Waals surface area (Å²) in [6.07, 6.45) is 4.49. The molecular formula is C56H41N3. The Bertz CT molecular complexity index is 3280. The van der Waals surface area contributed by atoms with Gasteiger partial charge in [0.25, 0.3) is 0 Å². The van der Waals surface area contributed by atoms with Gasteiger partial charge in [-0.25, -0.2) is 4.98 Å². The number of hydrogen-bond donors (Lipinski definition) is 1. The SMILES string of the molecule is Cc1ccccc1-c1cc(-c2cc(-c3cccc(C4C=Cc5ccccc5N4)c3)c3cc(-c4ccc5c(c4)c4ccccc4n5-c4ccccc4)ccc3n2)ccc1C. The van der Waals surface area contributed by atoms with E-state index in [-0.39, 0.29) is 6.04 Å². The number of hydrogen-bond acceptors (Lipinski definition) is 2. The van der Waals surface area contributed by atoms with Gasteiger partial charge in [-0.3, -0.25) is 0 Å². The van der Waals surface area contributed by atoms with Gasteiger partial charge in [0.05, 0.1) is 28.3 Å². The lowest BCUT2D eigenvalue weighted by molar-refractivity contribution is 0.980. The van der Waals surface area contributed by atoms with Gasteiger partial charge in [0.2, 0.25) is 0 Å². The molecule has 1 aliphatic rings. The van der Waals surface area contributed by atoms with Crippen molar-refractivity contribution < 1.29 is 0 Å². The molecule has 1 unspecified atom stereocenters. The summed E-state index contributed by atoms with van der Waals surface area (Å²) in [5, 5.41) is 7.37. The van der Waals surface area contributed by atoms with Gasteiger partial charge >= 0.3 is 0 Å². The van der Waals surface area contributed by atoms with Crippen molar-refractivity contribution in [3.8, 4) is 50.3 Å². The fourth-order valence-corrected chi connectivity index (χ4v) is 9.03. The smallest absolute Gasteiger partial charge is 0.0716 e. The second-order valence-electron chi connectivity index (χ2n) is 15.7. The second-order valence-corrected chi connectivity index (χ2v) is 15.7. The number of benzene rings is 8. The van der Waals surface area contributed by atoms with E-state index in [1.807, 2.05) is 0 Å². The topological polar surface area (TPSA) is 29.9 Å². The van der Waals surface area contributed by atoms with E-state index in [0.717, 1.165) is 50.2 Å². The molecular weight excluding hydrogens is 715 g/mol. The van der Waals surface area contributed by atoms with Crippen LogP contribution in [0.15, 0.2) is 194 Å². The van der Waals surface area contributed by atoms with Gasteiger partial charge in [0, 0.05) is 33.1 Å². The zero-order valence-corrected chi connectivity index (χ0v) is 33.0. The molecule has 0 aliphatic carbocycles. The van der Waals surface area contributed by atoms with Gasteiger partial charge < -0.3 is 9.88 Å². The molecule has 3 nitrogen and oxygen atoms in total. The Hall–Kier alpha value is -7.49. The lowest BCUT2D eigenvalue weighted by Crippen LogP contribution is -2.12. The molecule has 2 aromatic heterocycles. The number of para-hydroxylation sites is 3. The number of aryl methyl sites for hydroxylation is 2. The highest BCUT2D eigenvalue weighted by Crippen LogP contribution is 2.40. The van der Waals surface area contributed by atoms with Gasteiger partial charge in [-0.05, 0) is 136 Å². The number of fused-ring (bicyclic) bond motifs is 5. The number of nitrogens with zero attached hydrogens (tertiary/aromatic N) is 2. The van der Waals surface area contributed by atoms with Crippen LogP contribution in [-0.2, 0) is 0 Å². The number of pyridine rings is 1. The Labute approximate surface area is 344 Å². The second kappa shape index (κ2) is 14.2. The Morgan fingerprint density at radius 3 is 2.10 bits per heavy atom. The molecule has 0 saturated carbocycles. The van der Waals surface area contributed by atoms with Crippen LogP contribution in [0.1, 0.15) is 28.3 Å². The highest BCUT2D eigenvalue weighted by Gasteiger charge is 2.19. The van der Waals surface area contributed by atoms with Crippen LogP contribution in [0.25, 0.3) is 89.1 Å². The van der Waals surface area contributed by atoms with E-state index in [2.05, 4.69) is 224 Å². The van der Waals surface area contributed by atoms with E-state index in [1.165, 1.54) is 60.8 Å². The van der Waals surface area contributed by atoms with Crippen LogP contribution in [-0.4, -0.2) is 9.55 Å². The summed E-state index contributed by atoms with van der Waals surface area (Å²) in [4.78, 5) is 5.39. The number of nitrogens with one attached hydrogen (secondary N) is 1. The minimum atomic E-state index is 0.0616. The van der Waals surface area contributed by atoms with Crippen LogP contribution in [0, 0.1) is 13.8 Å². The molecule has 0 fully saturated rings. The molecule has 0 bridgehead atoms. The summed E-state index contributed by atoms with van der Waals surface area (Å²) in [6, 6.07) is 68.3. The highest BCUT2D eigenvalue weighted by molar-refractivity contribution is 6.11. The first-order valence-electron chi connectivity index (χ1n) is 20.4. The zero-order valence-electron chi connectivity index (χ0n) is 33.0. The van der Waals surface area contributed by atoms with Crippen LogP contribution < -0.4 is 5.32 Å². The first-order chi connectivity index (χ1) is 29.1. The van der Waals surface area contributed by atoms with Gasteiger partial charge in [-0.15, -0.1) is 0 Å². The molecule has 0 radical (unpaired) electrons. The molecule has 0 saturated heterocycles. The monoisotopic (exact) mass is 755 g/mol. The first-order valence-corrected chi connectivity index (χ1v) is 20.4. The number of rotatable bonds is 6. The molecule has 11 rings (SSSR count). The molecule has 0 spiro atoms. The van der Waals surface area contributed by atoms with Crippen LogP contribution >= 0.6 is 0 Å². The Morgan fingerprint density at radius 2 is 1.20 bits per heavy atom. The Kier molecular flexibility index (Phi) is 8.34. The largest absolute Gasteiger partial charge is 0.374 e. The van der Waals surface area contributed by atoms with Gasteiger partial charge in [-0.1, -0.05) is 133 Å². The average Bonchev–Trinajstić information content (AvgIpc) is 3.63. The normalized spacial score (nSPS) is 13.5. The third-order valence-corrected chi connectivity index (χ3v) is 12.1. The van der Waals surface area contributed by atoms with Crippen molar-refractivity contribution in [2.45, 2.75) is 19.9 Å². The molecule has 3 heteroatoms. The quantitative estimate of drug-likeness (QED) is 0.183. The molecule has 0 amide bonds. The molecule has 10 aromatic rings. The summed E-state index contributed by atoms with van der Waals surface area (Å²) in [6.45, 7) is 4.38. The van der Waals surface area contributed by atoms with E-state index in [4.69, 9.17) is 4.98 Å². The van der Waals surface area contributed by atoms with Crippen LogP contribution in [0.2, 0.25) is 0 Å². The minimum absolute atomic E-state index is 0.0616. The Balaban J connectivity index is 1.08. The highest BCUT2D eigenvalue weighted by atomic mass is 15.0. The molecule has 1 atom stereocenters. The van der Waals surface area contributed by atoms with E-state index in [9.17, 15) is 0 Å². The molecule has 1 N–H and O–H groups in total. The maximum atomic E-state index is 5.39. The third-order valence-electron chi connectivity index (χ3n) is 12.1. The summed E-state index contributed by atoms with van der Waals surface area (Å²) < 4.78 is 2.37. The summed E-state index contributed by atoms with van der Waals surface area (Å²) in [5.41, 5.74) is 19.8. The van der Waals surface area contributed by atoms with Gasteiger partial charge in [0.1, 0.15) is 0 Å². The van der Waals surface area contributed by atoms with Crippen molar-refractivity contribution >= 4 is 44.5 Å². The average molecular weight is 756 g/mol. The third kappa shape index (κ3) is 6.11. The lowest BCUT2D eigenvalue weighted by Gasteiger charge is -2.23. The van der Waals surface area contributed by atoms with Crippen molar-refractivity contribution in [1.29, 1.82) is 0 Å². The number of aromatic nitrogens is 2. The van der Waals surface area contributed by atoms with Crippen molar-refractivity contribution in [2.75, 3.05) is 5.32 Å². The fraction of sp³-hybridized carbons (Fsp3) is 0.0536. The lowest BCUT2D eigenvalue weighted by atomic mass is 9.91. The predicted molar refractivity (Wildman–Crippen MR) is 249 cm³/mol. The van der Waals surface area contributed by atoms with E-state index < -0.39 is 0 Å². The summed E-state index contributed by atoms with van der Waals surface area (Å²) in [7, 11) is 0. The molecule has 59 heavy (non-hydrogen) atoms. The van der Waals surface area contributed by atoms with Crippen molar-refractivity contribution in [3.05, 3.63) is 216 Å². The van der Waals surface area contributed by atoms with E-state index in [1.54, 1.807) is 0 Å². The van der Waals surface area contributed by atoms with Gasteiger partial charge in [-0.2, -0.15) is 0 Å². The van der Waals surface area contributed by atoms with Crippen LogP contribution in [0.3, 0.4) is 0 Å². The molecule has 1 aliphatic heterocycles. The molecule has 280 valence electrons. The van der Waals surface area contributed by atoms with E-state index >= 15 is 0 Å². The number of anilines is 1. The molecule has 3 heterocycles. The summed E-state index contributed by atoms with van der Waals surface area (Å²) in [5.74, 6) is 0. The maximum absolute atomic E-state index is 5.39. The Morgan fingerprint density at radius 1 is 0.475 bits per heavy atom. The predicted octanol–water partition coefficient (Wildman–Crippen LogP) is 14.8. The minimum Gasteiger partial charge on any atom is -0.374 e. The van der Waals surface area contributed by atoms with Crippen LogP contribution in [0.4, 0.5) is 5.69 Å². The summed E-state index contributed by atoms with van der Waals surface area (Å²) >= 11 is 0. The van der Waals surface area contributed by atoms with Crippen molar-refractivity contribution in [2.24, 2.45) is 0 Å². The molecule has 8 aromatic carbocycles. The van der Waals surface area contributed by atoms with Crippen molar-refractivity contribution in [3.63, 3.8) is 0 Å². The first kappa shape index (κ1) is 34.7. The van der Waals surface area contributed by atoms with Gasteiger partial charge in [0.15, 0.2) is 0 Å². The zero-order chi connectivity index (χ0) is 39.5. The fourth-order valence-electron chi connectivity index (χ4n) is 9.03. The standard InChI is InChI=1S/C56H41N3/c1-36-13-6-8-19-45(36)47-34-43(24-23-37(47)2)54-35-48(41-15-12-16-42(31-41)52-28-25-38-14-7-10-21-51(38)57-52)49-32-39(26-29-53(49)58-54)40-27-30-56-50(33-40)46-20-9-11-22-55(46)59(56)44-17-4-3-5-18-44/h3-35,52,57H,1-2H3. The maximum Gasteiger partial charge on any atom is 0.0716 e. The van der Waals surface area contributed by atoms with Crippen LogP contribution in [0.5, 0.6) is 0 Å². The van der Waals surface area contributed by atoms with E-state index in [0.29, 0.717) is 0 Å².